The molecule has 0 unspecified atom stereocenters. The van der Waals surface area contributed by atoms with E-state index in [0.29, 0.717) is 39.6 Å². The first-order chi connectivity index (χ1) is 13.1. The molecular formula is C18H16BrN3O5. The normalized spacial score (nSPS) is 12.1. The average Bonchev–Trinajstić information content (AvgIpc) is 3.10. The van der Waals surface area contributed by atoms with E-state index in [-0.39, 0.29) is 6.79 Å². The number of hydrogen-bond acceptors (Lipinski definition) is 6. The van der Waals surface area contributed by atoms with Gasteiger partial charge in [-0.15, -0.1) is 0 Å². The summed E-state index contributed by atoms with van der Waals surface area (Å²) in [5.41, 5.74) is 3.31. The fourth-order valence-corrected chi connectivity index (χ4v) is 2.66. The number of halogens is 1. The number of carbonyl (C=O) groups excluding carboxylic acids is 2. The van der Waals surface area contributed by atoms with Crippen LogP contribution in [0.4, 0.5) is 5.69 Å². The lowest BCUT2D eigenvalue weighted by Crippen LogP contribution is -2.32. The minimum atomic E-state index is -0.892. The molecule has 9 heteroatoms. The minimum absolute atomic E-state index is 0.158. The smallest absolute Gasteiger partial charge is 0.329 e. The van der Waals surface area contributed by atoms with E-state index in [2.05, 4.69) is 31.8 Å². The molecule has 0 bridgehead atoms. The third-order valence-corrected chi connectivity index (χ3v) is 4.18. The van der Waals surface area contributed by atoms with Gasteiger partial charge in [-0.2, -0.15) is 5.10 Å². The second kappa shape index (κ2) is 8.54. The molecule has 0 aromatic heterocycles. The number of fused-ring (bicyclic) bond motifs is 1. The van der Waals surface area contributed by atoms with Crippen molar-refractivity contribution in [2.45, 2.75) is 6.92 Å². The van der Waals surface area contributed by atoms with E-state index < -0.39 is 11.8 Å². The van der Waals surface area contributed by atoms with E-state index in [9.17, 15) is 9.59 Å². The molecule has 0 atom stereocenters. The van der Waals surface area contributed by atoms with Gasteiger partial charge in [-0.25, -0.2) is 5.43 Å². The Balaban J connectivity index is 1.55. The molecule has 0 spiro atoms. The van der Waals surface area contributed by atoms with Gasteiger partial charge in [0.2, 0.25) is 6.79 Å². The van der Waals surface area contributed by atoms with Crippen LogP contribution < -0.4 is 25.0 Å². The Hall–Kier alpha value is -3.07. The van der Waals surface area contributed by atoms with Crippen LogP contribution in [0, 0.1) is 0 Å². The molecule has 2 aromatic carbocycles. The van der Waals surface area contributed by atoms with Gasteiger partial charge < -0.3 is 19.5 Å². The summed E-state index contributed by atoms with van der Waals surface area (Å²) in [6.07, 6.45) is 1.40. The minimum Gasteiger partial charge on any atom is -0.494 e. The third-order valence-electron chi connectivity index (χ3n) is 3.49. The summed E-state index contributed by atoms with van der Waals surface area (Å²) in [6.45, 7) is 2.58. The van der Waals surface area contributed by atoms with E-state index in [1.165, 1.54) is 6.21 Å². The molecule has 0 aliphatic carbocycles. The van der Waals surface area contributed by atoms with Crippen LogP contribution in [0.15, 0.2) is 46.0 Å². The first kappa shape index (κ1) is 18.7. The van der Waals surface area contributed by atoms with E-state index in [1.807, 2.05) is 6.92 Å². The molecule has 0 radical (unpaired) electrons. The number of ether oxygens (including phenoxy) is 3. The Morgan fingerprint density at radius 3 is 2.59 bits per heavy atom. The molecule has 1 aliphatic heterocycles. The zero-order valence-electron chi connectivity index (χ0n) is 14.3. The summed E-state index contributed by atoms with van der Waals surface area (Å²) in [5.74, 6) is 0.161. The highest BCUT2D eigenvalue weighted by molar-refractivity contribution is 9.10. The van der Waals surface area contributed by atoms with Crippen molar-refractivity contribution < 1.29 is 23.8 Å². The molecule has 27 heavy (non-hydrogen) atoms. The summed E-state index contributed by atoms with van der Waals surface area (Å²) in [7, 11) is 0. The maximum absolute atomic E-state index is 11.9. The van der Waals surface area contributed by atoms with E-state index >= 15 is 0 Å². The fourth-order valence-electron chi connectivity index (χ4n) is 2.23. The lowest BCUT2D eigenvalue weighted by Gasteiger charge is -2.06. The van der Waals surface area contributed by atoms with E-state index in [4.69, 9.17) is 14.2 Å². The second-order valence-corrected chi connectivity index (χ2v) is 6.19. The number of amides is 2. The van der Waals surface area contributed by atoms with Gasteiger partial charge in [0.05, 0.1) is 12.8 Å². The van der Waals surface area contributed by atoms with Gasteiger partial charge in [0.1, 0.15) is 5.75 Å². The van der Waals surface area contributed by atoms with Gasteiger partial charge in [-0.05, 0) is 59.3 Å². The Labute approximate surface area is 163 Å². The molecular weight excluding hydrogens is 418 g/mol. The monoisotopic (exact) mass is 433 g/mol. The van der Waals surface area contributed by atoms with Crippen LogP contribution in [-0.4, -0.2) is 31.4 Å². The predicted molar refractivity (Wildman–Crippen MR) is 102 cm³/mol. The molecule has 2 amide bonds. The lowest BCUT2D eigenvalue weighted by molar-refractivity contribution is -0.136. The number of nitrogens with zero attached hydrogens (tertiary/aromatic N) is 1. The number of rotatable bonds is 5. The SMILES string of the molecule is CCOc1ccc(NC(=O)C(=O)N/N=C\c2cc3c(cc2Br)OCO3)cc1. The molecule has 0 fully saturated rings. The Bertz CT molecular complexity index is 883. The lowest BCUT2D eigenvalue weighted by atomic mass is 10.2. The number of carbonyl (C=O) groups is 2. The number of benzene rings is 2. The molecule has 2 N–H and O–H groups in total. The zero-order chi connectivity index (χ0) is 19.2. The average molecular weight is 434 g/mol. The van der Waals surface area contributed by atoms with Crippen molar-refractivity contribution in [3.05, 3.63) is 46.4 Å². The summed E-state index contributed by atoms with van der Waals surface area (Å²) in [5, 5.41) is 6.28. The maximum atomic E-state index is 11.9. The van der Waals surface area contributed by atoms with Crippen LogP contribution in [0.2, 0.25) is 0 Å². The maximum Gasteiger partial charge on any atom is 0.329 e. The fraction of sp³-hybridized carbons (Fsp3) is 0.167. The van der Waals surface area contributed by atoms with Gasteiger partial charge in [-0.1, -0.05) is 0 Å². The van der Waals surface area contributed by atoms with E-state index in [1.54, 1.807) is 36.4 Å². The molecule has 8 nitrogen and oxygen atoms in total. The first-order valence-electron chi connectivity index (χ1n) is 8.03. The summed E-state index contributed by atoms with van der Waals surface area (Å²) < 4.78 is 16.6. The van der Waals surface area contributed by atoms with Crippen molar-refractivity contribution in [2.24, 2.45) is 5.10 Å². The number of hydrogen-bond donors (Lipinski definition) is 2. The molecule has 0 saturated heterocycles. The van der Waals surface area contributed by atoms with Gasteiger partial charge in [0.15, 0.2) is 11.5 Å². The van der Waals surface area contributed by atoms with Crippen molar-refractivity contribution in [2.75, 3.05) is 18.7 Å². The quantitative estimate of drug-likeness (QED) is 0.429. The molecule has 1 aliphatic rings. The van der Waals surface area contributed by atoms with Crippen LogP contribution in [0.1, 0.15) is 12.5 Å². The molecule has 3 rings (SSSR count). The number of anilines is 1. The van der Waals surface area contributed by atoms with Crippen LogP contribution in [-0.2, 0) is 9.59 Å². The molecule has 2 aromatic rings. The molecule has 0 saturated carbocycles. The number of nitrogens with one attached hydrogen (secondary N) is 2. The van der Waals surface area contributed by atoms with Crippen LogP contribution in [0.3, 0.4) is 0 Å². The Kier molecular flexibility index (Phi) is 5.92. The van der Waals surface area contributed by atoms with Crippen molar-refractivity contribution in [1.29, 1.82) is 0 Å². The summed E-state index contributed by atoms with van der Waals surface area (Å²) >= 11 is 3.38. The predicted octanol–water partition coefficient (Wildman–Crippen LogP) is 2.67. The van der Waals surface area contributed by atoms with E-state index in [0.717, 1.165) is 0 Å². The van der Waals surface area contributed by atoms with Gasteiger partial charge >= 0.3 is 11.8 Å². The second-order valence-electron chi connectivity index (χ2n) is 5.34. The highest BCUT2D eigenvalue weighted by Gasteiger charge is 2.16. The standard InChI is InChI=1S/C18H16BrN3O5/c1-2-25-13-5-3-12(4-6-13)21-17(23)18(24)22-20-9-11-7-15-16(8-14(11)19)27-10-26-15/h3-9H,2,10H2,1H3,(H,21,23)(H,22,24)/b20-9-. The topological polar surface area (TPSA) is 98.2 Å². The highest BCUT2D eigenvalue weighted by atomic mass is 79.9. The van der Waals surface area contributed by atoms with Crippen molar-refractivity contribution in [3.8, 4) is 17.2 Å². The molecule has 1 heterocycles. The van der Waals surface area contributed by atoms with Crippen molar-refractivity contribution >= 4 is 39.6 Å². The van der Waals surface area contributed by atoms with Gasteiger partial charge in [0, 0.05) is 15.7 Å². The summed E-state index contributed by atoms with van der Waals surface area (Å²) in [4.78, 5) is 23.8. The Morgan fingerprint density at radius 2 is 1.89 bits per heavy atom. The first-order valence-corrected chi connectivity index (χ1v) is 8.82. The van der Waals surface area contributed by atoms with Gasteiger partial charge in [0.25, 0.3) is 0 Å². The zero-order valence-corrected chi connectivity index (χ0v) is 15.9. The van der Waals surface area contributed by atoms with Crippen LogP contribution >= 0.6 is 15.9 Å². The molecule has 140 valence electrons. The third kappa shape index (κ3) is 4.76. The van der Waals surface area contributed by atoms with Crippen LogP contribution in [0.25, 0.3) is 0 Å². The summed E-state index contributed by atoms with van der Waals surface area (Å²) in [6, 6.07) is 10.1. The largest absolute Gasteiger partial charge is 0.494 e. The van der Waals surface area contributed by atoms with Gasteiger partial charge in [-0.3, -0.25) is 9.59 Å². The number of hydrazone groups is 1. The van der Waals surface area contributed by atoms with Crippen molar-refractivity contribution in [1.82, 2.24) is 5.43 Å². The highest BCUT2D eigenvalue weighted by Crippen LogP contribution is 2.36. The van der Waals surface area contributed by atoms with Crippen molar-refractivity contribution in [3.63, 3.8) is 0 Å². The Morgan fingerprint density at radius 1 is 1.19 bits per heavy atom. The van der Waals surface area contributed by atoms with Crippen LogP contribution in [0.5, 0.6) is 17.2 Å².